The van der Waals surface area contributed by atoms with Gasteiger partial charge < -0.3 is 9.84 Å². The lowest BCUT2D eigenvalue weighted by molar-refractivity contribution is -0.143. The molecule has 0 aromatic carbocycles. The van der Waals surface area contributed by atoms with Crippen molar-refractivity contribution in [2.75, 3.05) is 0 Å². The monoisotopic (exact) mass is 195 g/mol. The Morgan fingerprint density at radius 3 is 2.50 bits per heavy atom. The fourth-order valence-corrected chi connectivity index (χ4v) is 0.693. The van der Waals surface area contributed by atoms with E-state index in [4.69, 9.17) is 9.84 Å². The number of carbonyl (C=O) groups is 1. The summed E-state index contributed by atoms with van der Waals surface area (Å²) in [6, 6.07) is 2.86. The van der Waals surface area contributed by atoms with Gasteiger partial charge in [0.25, 0.3) is 0 Å². The van der Waals surface area contributed by atoms with Crippen molar-refractivity contribution in [2.45, 2.75) is 20.8 Å². The maximum Gasteiger partial charge on any atom is 0.316 e. The van der Waals surface area contributed by atoms with Crippen LogP contribution in [-0.4, -0.2) is 16.1 Å². The van der Waals surface area contributed by atoms with Crippen molar-refractivity contribution in [1.29, 1.82) is 0 Å². The summed E-state index contributed by atoms with van der Waals surface area (Å²) in [4.78, 5) is 15.0. The molecule has 1 aromatic heterocycles. The molecule has 0 spiro atoms. The zero-order chi connectivity index (χ0) is 10.8. The van der Waals surface area contributed by atoms with E-state index in [2.05, 4.69) is 4.98 Å². The van der Waals surface area contributed by atoms with Crippen LogP contribution in [-0.2, 0) is 4.79 Å². The van der Waals surface area contributed by atoms with Gasteiger partial charge in [-0.05, 0) is 26.8 Å². The molecule has 0 amide bonds. The molecule has 0 aliphatic heterocycles. The highest BCUT2D eigenvalue weighted by Gasteiger charge is 2.23. The second-order valence-corrected chi connectivity index (χ2v) is 3.99. The largest absolute Gasteiger partial charge is 0.493 e. The molecule has 14 heavy (non-hydrogen) atoms. The molecule has 0 bridgehead atoms. The molecule has 4 heteroatoms. The van der Waals surface area contributed by atoms with Crippen LogP contribution in [0.3, 0.4) is 0 Å². The summed E-state index contributed by atoms with van der Waals surface area (Å²) in [5.74, 6) is -0.0896. The van der Waals surface area contributed by atoms with Crippen LogP contribution < -0.4 is 4.74 Å². The van der Waals surface area contributed by atoms with Gasteiger partial charge in [-0.25, -0.2) is 4.98 Å². The predicted molar refractivity (Wildman–Crippen MR) is 51.0 cm³/mol. The highest BCUT2D eigenvalue weighted by molar-refractivity contribution is 5.77. The van der Waals surface area contributed by atoms with Gasteiger partial charge >= 0.3 is 5.97 Å². The summed E-state index contributed by atoms with van der Waals surface area (Å²) in [5.41, 5.74) is -0.544. The number of rotatable bonds is 1. The lowest BCUT2D eigenvalue weighted by Gasteiger charge is -2.15. The van der Waals surface area contributed by atoms with Crippen LogP contribution in [0.4, 0.5) is 0 Å². The number of hydrogen-bond donors (Lipinski definition) is 1. The zero-order valence-electron chi connectivity index (χ0n) is 8.44. The Labute approximate surface area is 82.5 Å². The van der Waals surface area contributed by atoms with Crippen molar-refractivity contribution in [1.82, 2.24) is 4.98 Å². The molecule has 1 aromatic rings. The fraction of sp³-hybridized carbons (Fsp3) is 0.400. The molecule has 0 unspecified atom stereocenters. The molecule has 0 aliphatic rings. The van der Waals surface area contributed by atoms with Gasteiger partial charge in [-0.2, -0.15) is 0 Å². The van der Waals surface area contributed by atoms with Crippen molar-refractivity contribution >= 4 is 5.97 Å². The third-order valence-electron chi connectivity index (χ3n) is 1.54. The molecule has 0 atom stereocenters. The molecule has 0 fully saturated rings. The molecule has 1 heterocycles. The van der Waals surface area contributed by atoms with Crippen LogP contribution in [0, 0.1) is 5.41 Å². The van der Waals surface area contributed by atoms with Gasteiger partial charge in [0.05, 0.1) is 11.6 Å². The average molecular weight is 195 g/mol. The maximum atomic E-state index is 11.4. The van der Waals surface area contributed by atoms with E-state index >= 15 is 0 Å². The first kappa shape index (κ1) is 10.5. The number of carbonyl (C=O) groups excluding carboxylic acids is 1. The van der Waals surface area contributed by atoms with Gasteiger partial charge in [0.1, 0.15) is 5.75 Å². The van der Waals surface area contributed by atoms with Crippen molar-refractivity contribution in [3.63, 3.8) is 0 Å². The van der Waals surface area contributed by atoms with Crippen LogP contribution >= 0.6 is 0 Å². The molecule has 4 nitrogen and oxygen atoms in total. The van der Waals surface area contributed by atoms with Gasteiger partial charge in [-0.1, -0.05) is 0 Å². The molecule has 0 radical (unpaired) electrons. The Morgan fingerprint density at radius 1 is 1.43 bits per heavy atom. The predicted octanol–water partition coefficient (Wildman–Crippen LogP) is 1.74. The van der Waals surface area contributed by atoms with Crippen LogP contribution in [0.15, 0.2) is 18.3 Å². The summed E-state index contributed by atoms with van der Waals surface area (Å²) in [6.45, 7) is 5.30. The Kier molecular flexibility index (Phi) is 2.74. The van der Waals surface area contributed by atoms with E-state index in [-0.39, 0.29) is 11.8 Å². The number of aromatic nitrogens is 1. The minimum absolute atomic E-state index is 0.0967. The van der Waals surface area contributed by atoms with Crippen LogP contribution in [0.25, 0.3) is 0 Å². The van der Waals surface area contributed by atoms with Gasteiger partial charge in [-0.3, -0.25) is 4.79 Å². The summed E-state index contributed by atoms with van der Waals surface area (Å²) in [5, 5.41) is 8.90. The normalized spacial score (nSPS) is 11.1. The van der Waals surface area contributed by atoms with E-state index < -0.39 is 5.41 Å². The minimum atomic E-state index is -0.544. The first-order valence-corrected chi connectivity index (χ1v) is 4.27. The van der Waals surface area contributed by atoms with E-state index in [0.29, 0.717) is 5.75 Å². The van der Waals surface area contributed by atoms with E-state index in [1.807, 2.05) is 0 Å². The average Bonchev–Trinajstić information content (AvgIpc) is 2.07. The SMILES string of the molecule is CC(C)(C)C(=O)Oc1ccc(O)nc1. The Morgan fingerprint density at radius 2 is 2.07 bits per heavy atom. The third kappa shape index (κ3) is 2.73. The second kappa shape index (κ2) is 3.65. The topological polar surface area (TPSA) is 59.4 Å². The van der Waals surface area contributed by atoms with Crippen LogP contribution in [0.2, 0.25) is 0 Å². The van der Waals surface area contributed by atoms with Crippen LogP contribution in [0.1, 0.15) is 20.8 Å². The highest BCUT2D eigenvalue weighted by Crippen LogP contribution is 2.19. The van der Waals surface area contributed by atoms with E-state index in [0.717, 1.165) is 0 Å². The van der Waals surface area contributed by atoms with Gasteiger partial charge in [0.2, 0.25) is 5.88 Å². The number of aromatic hydroxyl groups is 1. The molecule has 1 rings (SSSR count). The van der Waals surface area contributed by atoms with Crippen molar-refractivity contribution in [3.05, 3.63) is 18.3 Å². The van der Waals surface area contributed by atoms with E-state index in [9.17, 15) is 4.79 Å². The number of esters is 1. The second-order valence-electron chi connectivity index (χ2n) is 3.99. The number of nitrogens with zero attached hydrogens (tertiary/aromatic N) is 1. The number of ether oxygens (including phenoxy) is 1. The number of hydrogen-bond acceptors (Lipinski definition) is 4. The lowest BCUT2D eigenvalue weighted by Crippen LogP contribution is -2.25. The summed E-state index contributed by atoms with van der Waals surface area (Å²) in [6.07, 6.45) is 1.30. The molecule has 0 saturated heterocycles. The molecule has 0 aliphatic carbocycles. The molecule has 1 N–H and O–H groups in total. The van der Waals surface area contributed by atoms with Crippen LogP contribution in [0.5, 0.6) is 11.6 Å². The summed E-state index contributed by atoms with van der Waals surface area (Å²) < 4.78 is 5.02. The van der Waals surface area contributed by atoms with E-state index in [1.165, 1.54) is 18.3 Å². The molecular weight excluding hydrogens is 182 g/mol. The van der Waals surface area contributed by atoms with Gasteiger partial charge in [0.15, 0.2) is 0 Å². The first-order valence-electron chi connectivity index (χ1n) is 4.27. The molecule has 0 saturated carbocycles. The van der Waals surface area contributed by atoms with Gasteiger partial charge in [-0.15, -0.1) is 0 Å². The Hall–Kier alpha value is -1.58. The van der Waals surface area contributed by atoms with Crippen molar-refractivity contribution in [2.24, 2.45) is 5.41 Å². The summed E-state index contributed by atoms with van der Waals surface area (Å²) >= 11 is 0. The lowest BCUT2D eigenvalue weighted by atomic mass is 9.97. The number of pyridine rings is 1. The smallest absolute Gasteiger partial charge is 0.316 e. The fourth-order valence-electron chi connectivity index (χ4n) is 0.693. The highest BCUT2D eigenvalue weighted by atomic mass is 16.5. The minimum Gasteiger partial charge on any atom is -0.493 e. The van der Waals surface area contributed by atoms with E-state index in [1.54, 1.807) is 20.8 Å². The van der Waals surface area contributed by atoms with Crippen molar-refractivity contribution < 1.29 is 14.6 Å². The molecule has 76 valence electrons. The standard InChI is InChI=1S/C10H13NO3/c1-10(2,3)9(13)14-7-4-5-8(12)11-6-7/h4-6H,1-3H3,(H,11,12). The quantitative estimate of drug-likeness (QED) is 0.693. The Balaban J connectivity index is 2.71. The first-order chi connectivity index (χ1) is 6.39. The summed E-state index contributed by atoms with van der Waals surface area (Å²) in [7, 11) is 0. The zero-order valence-corrected chi connectivity index (χ0v) is 8.44. The third-order valence-corrected chi connectivity index (χ3v) is 1.54. The Bertz CT molecular complexity index is 324. The maximum absolute atomic E-state index is 11.4. The molecular formula is C10H13NO3. The van der Waals surface area contributed by atoms with Crippen molar-refractivity contribution in [3.8, 4) is 11.6 Å². The van der Waals surface area contributed by atoms with Gasteiger partial charge in [0, 0.05) is 6.07 Å².